The molecule has 0 aliphatic heterocycles. The maximum atomic E-state index is 5.25. The lowest BCUT2D eigenvalue weighted by Gasteiger charge is -2.10. The first-order chi connectivity index (χ1) is 12.7. The maximum absolute atomic E-state index is 5.25. The van der Waals surface area contributed by atoms with Crippen LogP contribution in [0.15, 0.2) is 40.1 Å². The van der Waals surface area contributed by atoms with Gasteiger partial charge in [0.05, 0.1) is 5.01 Å². The molecular formula is C17H21N7OS. The summed E-state index contributed by atoms with van der Waals surface area (Å²) in [5, 5.41) is 11.6. The van der Waals surface area contributed by atoms with Crippen molar-refractivity contribution in [3.8, 4) is 11.6 Å². The summed E-state index contributed by atoms with van der Waals surface area (Å²) in [7, 11) is 1.75. The highest BCUT2D eigenvalue weighted by Gasteiger charge is 2.09. The SMILES string of the molecule is CN=C(NCCc1noc(-c2ccccn2)n1)NCCc1ncc(C)s1. The van der Waals surface area contributed by atoms with E-state index in [0.717, 1.165) is 23.9 Å². The number of aliphatic imine (C=N–C) groups is 1. The molecule has 0 radical (unpaired) electrons. The lowest BCUT2D eigenvalue weighted by molar-refractivity contribution is 0.421. The van der Waals surface area contributed by atoms with Crippen molar-refractivity contribution < 1.29 is 4.52 Å². The number of hydrogen-bond acceptors (Lipinski definition) is 7. The highest BCUT2D eigenvalue weighted by molar-refractivity contribution is 7.11. The predicted octanol–water partition coefficient (Wildman–Crippen LogP) is 1.85. The van der Waals surface area contributed by atoms with Crippen LogP contribution in [-0.2, 0) is 12.8 Å². The van der Waals surface area contributed by atoms with E-state index in [4.69, 9.17) is 4.52 Å². The zero-order chi connectivity index (χ0) is 18.2. The molecule has 2 N–H and O–H groups in total. The fraction of sp³-hybridized carbons (Fsp3) is 0.353. The minimum Gasteiger partial charge on any atom is -0.356 e. The van der Waals surface area contributed by atoms with Gasteiger partial charge in [0.1, 0.15) is 5.69 Å². The van der Waals surface area contributed by atoms with Crippen molar-refractivity contribution >= 4 is 17.3 Å². The summed E-state index contributed by atoms with van der Waals surface area (Å²) in [5.41, 5.74) is 0.675. The van der Waals surface area contributed by atoms with E-state index < -0.39 is 0 Å². The summed E-state index contributed by atoms with van der Waals surface area (Å²) in [6, 6.07) is 5.57. The van der Waals surface area contributed by atoms with Gasteiger partial charge in [-0.15, -0.1) is 11.3 Å². The molecule has 136 valence electrons. The molecular weight excluding hydrogens is 350 g/mol. The molecule has 0 atom stereocenters. The van der Waals surface area contributed by atoms with Crippen LogP contribution in [0.3, 0.4) is 0 Å². The Bertz CT molecular complexity index is 844. The van der Waals surface area contributed by atoms with Gasteiger partial charge in [0.25, 0.3) is 5.89 Å². The molecule has 0 fully saturated rings. The van der Waals surface area contributed by atoms with Crippen LogP contribution in [0.5, 0.6) is 0 Å². The number of nitrogens with one attached hydrogen (secondary N) is 2. The Morgan fingerprint density at radius 2 is 2.04 bits per heavy atom. The molecule has 0 saturated heterocycles. The Balaban J connectivity index is 1.41. The van der Waals surface area contributed by atoms with E-state index in [-0.39, 0.29) is 0 Å². The monoisotopic (exact) mass is 371 g/mol. The number of aryl methyl sites for hydroxylation is 1. The summed E-state index contributed by atoms with van der Waals surface area (Å²) < 4.78 is 5.25. The quantitative estimate of drug-likeness (QED) is 0.483. The van der Waals surface area contributed by atoms with Crippen molar-refractivity contribution in [2.24, 2.45) is 4.99 Å². The molecule has 0 saturated carbocycles. The Morgan fingerprint density at radius 1 is 1.19 bits per heavy atom. The van der Waals surface area contributed by atoms with Crippen LogP contribution in [0.4, 0.5) is 0 Å². The third-order valence-corrected chi connectivity index (χ3v) is 4.49. The second kappa shape index (κ2) is 9.04. The number of guanidine groups is 1. The second-order valence-electron chi connectivity index (χ2n) is 5.52. The highest BCUT2D eigenvalue weighted by atomic mass is 32.1. The second-order valence-corrected chi connectivity index (χ2v) is 6.84. The number of nitrogens with zero attached hydrogens (tertiary/aromatic N) is 5. The molecule has 3 aromatic rings. The Labute approximate surface area is 155 Å². The number of rotatable bonds is 7. The Hall–Kier alpha value is -2.81. The van der Waals surface area contributed by atoms with Crippen LogP contribution in [0.1, 0.15) is 15.7 Å². The van der Waals surface area contributed by atoms with Gasteiger partial charge in [0, 0.05) is 50.2 Å². The molecule has 8 nitrogen and oxygen atoms in total. The minimum absolute atomic E-state index is 0.432. The van der Waals surface area contributed by atoms with Gasteiger partial charge in [0.2, 0.25) is 0 Å². The number of pyridine rings is 1. The minimum atomic E-state index is 0.432. The van der Waals surface area contributed by atoms with Crippen LogP contribution in [0.2, 0.25) is 0 Å². The van der Waals surface area contributed by atoms with Crippen molar-refractivity contribution in [2.45, 2.75) is 19.8 Å². The van der Waals surface area contributed by atoms with E-state index in [2.05, 4.69) is 42.7 Å². The normalized spacial score (nSPS) is 11.5. The van der Waals surface area contributed by atoms with Crippen molar-refractivity contribution in [1.82, 2.24) is 30.7 Å². The first-order valence-electron chi connectivity index (χ1n) is 8.34. The molecule has 3 heterocycles. The van der Waals surface area contributed by atoms with E-state index in [1.54, 1.807) is 24.6 Å². The van der Waals surface area contributed by atoms with Crippen molar-refractivity contribution in [1.29, 1.82) is 0 Å². The van der Waals surface area contributed by atoms with Gasteiger partial charge in [-0.25, -0.2) is 4.98 Å². The molecule has 3 aromatic heterocycles. The van der Waals surface area contributed by atoms with Crippen molar-refractivity contribution in [2.75, 3.05) is 20.1 Å². The maximum Gasteiger partial charge on any atom is 0.276 e. The van der Waals surface area contributed by atoms with Gasteiger partial charge in [-0.05, 0) is 19.1 Å². The largest absolute Gasteiger partial charge is 0.356 e. The molecule has 3 rings (SSSR count). The fourth-order valence-electron chi connectivity index (χ4n) is 2.27. The molecule has 0 spiro atoms. The average molecular weight is 371 g/mol. The van der Waals surface area contributed by atoms with Gasteiger partial charge in [-0.3, -0.25) is 9.98 Å². The summed E-state index contributed by atoms with van der Waals surface area (Å²) in [4.78, 5) is 18.4. The first-order valence-corrected chi connectivity index (χ1v) is 9.16. The average Bonchev–Trinajstić information content (AvgIpc) is 3.30. The zero-order valence-corrected chi connectivity index (χ0v) is 15.6. The van der Waals surface area contributed by atoms with Crippen LogP contribution >= 0.6 is 11.3 Å². The Morgan fingerprint density at radius 3 is 2.73 bits per heavy atom. The smallest absolute Gasteiger partial charge is 0.276 e. The van der Waals surface area contributed by atoms with E-state index in [1.807, 2.05) is 24.4 Å². The van der Waals surface area contributed by atoms with Gasteiger partial charge in [0.15, 0.2) is 11.8 Å². The standard InChI is InChI=1S/C17H21N7OS/c1-12-11-22-15(26-12)7-10-21-17(18-2)20-9-6-14-23-16(25-24-14)13-5-3-4-8-19-13/h3-5,8,11H,6-7,9-10H2,1-2H3,(H2,18,20,21). The summed E-state index contributed by atoms with van der Waals surface area (Å²) in [6.07, 6.45) is 5.10. The van der Waals surface area contributed by atoms with Gasteiger partial charge in [-0.2, -0.15) is 4.98 Å². The predicted molar refractivity (Wildman–Crippen MR) is 101 cm³/mol. The topological polar surface area (TPSA) is 101 Å². The lowest BCUT2D eigenvalue weighted by atomic mass is 10.3. The van der Waals surface area contributed by atoms with Crippen LogP contribution < -0.4 is 10.6 Å². The van der Waals surface area contributed by atoms with Gasteiger partial charge in [-0.1, -0.05) is 11.2 Å². The third kappa shape index (κ3) is 5.09. The summed E-state index contributed by atoms with van der Waals surface area (Å²) in [6.45, 7) is 3.49. The first kappa shape index (κ1) is 18.0. The van der Waals surface area contributed by atoms with Crippen LogP contribution in [0, 0.1) is 6.92 Å². The number of thiazole rings is 1. The van der Waals surface area contributed by atoms with E-state index in [1.165, 1.54) is 4.88 Å². The Kier molecular flexibility index (Phi) is 6.26. The summed E-state index contributed by atoms with van der Waals surface area (Å²) >= 11 is 1.72. The molecule has 0 aromatic carbocycles. The number of aromatic nitrogens is 4. The summed E-state index contributed by atoms with van der Waals surface area (Å²) in [5.74, 6) is 1.81. The molecule has 0 unspecified atom stereocenters. The third-order valence-electron chi connectivity index (χ3n) is 3.52. The van der Waals surface area contributed by atoms with E-state index in [0.29, 0.717) is 30.4 Å². The zero-order valence-electron chi connectivity index (χ0n) is 14.8. The van der Waals surface area contributed by atoms with E-state index >= 15 is 0 Å². The molecule has 0 aliphatic carbocycles. The van der Waals surface area contributed by atoms with E-state index in [9.17, 15) is 0 Å². The molecule has 0 aliphatic rings. The number of hydrogen-bond donors (Lipinski definition) is 2. The van der Waals surface area contributed by atoms with Crippen LogP contribution in [0.25, 0.3) is 11.6 Å². The van der Waals surface area contributed by atoms with Crippen molar-refractivity contribution in [3.05, 3.63) is 46.3 Å². The molecule has 0 amide bonds. The van der Waals surface area contributed by atoms with Gasteiger partial charge >= 0.3 is 0 Å². The lowest BCUT2D eigenvalue weighted by Crippen LogP contribution is -2.39. The van der Waals surface area contributed by atoms with Crippen molar-refractivity contribution in [3.63, 3.8) is 0 Å². The molecule has 26 heavy (non-hydrogen) atoms. The molecule has 0 bridgehead atoms. The highest BCUT2D eigenvalue weighted by Crippen LogP contribution is 2.13. The van der Waals surface area contributed by atoms with Crippen LogP contribution in [-0.4, -0.2) is 46.2 Å². The fourth-order valence-corrected chi connectivity index (χ4v) is 3.05. The van der Waals surface area contributed by atoms with Gasteiger partial charge < -0.3 is 15.2 Å². The molecule has 9 heteroatoms.